The third kappa shape index (κ3) is 3.30. The molecule has 1 heterocycles. The predicted octanol–water partition coefficient (Wildman–Crippen LogP) is 3.89. The highest BCUT2D eigenvalue weighted by Crippen LogP contribution is 2.32. The van der Waals surface area contributed by atoms with Crippen molar-refractivity contribution in [3.8, 4) is 5.88 Å². The summed E-state index contributed by atoms with van der Waals surface area (Å²) in [6.07, 6.45) is 3.02. The SMILES string of the molecule is C=Nc1c(C)c(C)c(=O)n(C(C)CCCC(C)C)c1O. The number of hydrogen-bond donors (Lipinski definition) is 1. The zero-order valence-electron chi connectivity index (χ0n) is 13.2. The molecule has 112 valence electrons. The van der Waals surface area contributed by atoms with Crippen molar-refractivity contribution in [1.82, 2.24) is 4.57 Å². The van der Waals surface area contributed by atoms with Crippen molar-refractivity contribution in [2.45, 2.75) is 59.9 Å². The molecule has 1 aromatic rings. The topological polar surface area (TPSA) is 54.6 Å². The predicted molar refractivity (Wildman–Crippen MR) is 84.4 cm³/mol. The van der Waals surface area contributed by atoms with Gasteiger partial charge in [0.1, 0.15) is 5.69 Å². The molecule has 0 amide bonds. The first-order valence-corrected chi connectivity index (χ1v) is 7.22. The molecule has 1 N–H and O–H groups in total. The van der Waals surface area contributed by atoms with E-state index < -0.39 is 0 Å². The molecule has 0 aromatic carbocycles. The first kappa shape index (κ1) is 16.5. The number of pyridine rings is 1. The van der Waals surface area contributed by atoms with E-state index in [9.17, 15) is 9.90 Å². The van der Waals surface area contributed by atoms with E-state index in [1.54, 1.807) is 13.8 Å². The molecule has 1 atom stereocenters. The molecule has 0 fully saturated rings. The van der Waals surface area contributed by atoms with Gasteiger partial charge in [0.15, 0.2) is 0 Å². The molecule has 0 saturated heterocycles. The summed E-state index contributed by atoms with van der Waals surface area (Å²) < 4.78 is 1.45. The maximum absolute atomic E-state index is 12.4. The lowest BCUT2D eigenvalue weighted by molar-refractivity contribution is 0.358. The molecule has 4 heteroatoms. The Bertz CT molecular complexity index is 544. The van der Waals surface area contributed by atoms with Gasteiger partial charge in [0, 0.05) is 11.6 Å². The molecule has 0 bridgehead atoms. The van der Waals surface area contributed by atoms with E-state index in [1.807, 2.05) is 6.92 Å². The van der Waals surface area contributed by atoms with Crippen molar-refractivity contribution in [1.29, 1.82) is 0 Å². The molecule has 0 aliphatic rings. The standard InChI is InChI=1S/C16H26N2O2/c1-10(2)8-7-9-11(3)18-15(19)13(5)12(4)14(17-6)16(18)20/h10-11,20H,6-9H2,1-5H3. The van der Waals surface area contributed by atoms with Crippen LogP contribution in [-0.4, -0.2) is 16.4 Å². The van der Waals surface area contributed by atoms with Crippen molar-refractivity contribution in [2.75, 3.05) is 0 Å². The van der Waals surface area contributed by atoms with Crippen molar-refractivity contribution >= 4 is 12.4 Å². The number of aromatic nitrogens is 1. The van der Waals surface area contributed by atoms with Crippen LogP contribution in [0.1, 0.15) is 57.2 Å². The number of rotatable bonds is 6. The van der Waals surface area contributed by atoms with Crippen LogP contribution in [0.25, 0.3) is 0 Å². The summed E-state index contributed by atoms with van der Waals surface area (Å²) in [5.41, 5.74) is 1.61. The second-order valence-corrected chi connectivity index (χ2v) is 5.93. The van der Waals surface area contributed by atoms with Crippen LogP contribution in [0, 0.1) is 19.8 Å². The summed E-state index contributed by atoms with van der Waals surface area (Å²) >= 11 is 0. The molecule has 0 radical (unpaired) electrons. The first-order valence-electron chi connectivity index (χ1n) is 7.22. The van der Waals surface area contributed by atoms with E-state index >= 15 is 0 Å². The van der Waals surface area contributed by atoms with E-state index in [4.69, 9.17) is 0 Å². The van der Waals surface area contributed by atoms with Gasteiger partial charge in [-0.25, -0.2) is 0 Å². The largest absolute Gasteiger partial charge is 0.493 e. The van der Waals surface area contributed by atoms with Crippen LogP contribution < -0.4 is 5.56 Å². The molecule has 1 rings (SSSR count). The minimum absolute atomic E-state index is 0.0407. The number of nitrogens with zero attached hydrogens (tertiary/aromatic N) is 2. The minimum Gasteiger partial charge on any atom is -0.493 e. The summed E-state index contributed by atoms with van der Waals surface area (Å²) in [5, 5.41) is 10.3. The minimum atomic E-state index is -0.135. The van der Waals surface area contributed by atoms with E-state index in [2.05, 4.69) is 25.6 Å². The summed E-state index contributed by atoms with van der Waals surface area (Å²) in [4.78, 5) is 16.2. The fourth-order valence-corrected chi connectivity index (χ4v) is 2.45. The van der Waals surface area contributed by atoms with Crippen molar-refractivity contribution < 1.29 is 5.11 Å². The van der Waals surface area contributed by atoms with E-state index in [-0.39, 0.29) is 17.5 Å². The molecule has 20 heavy (non-hydrogen) atoms. The van der Waals surface area contributed by atoms with Crippen molar-refractivity contribution in [2.24, 2.45) is 10.9 Å². The van der Waals surface area contributed by atoms with Gasteiger partial charge in [0.2, 0.25) is 5.88 Å². The molecule has 0 aliphatic carbocycles. The Morgan fingerprint density at radius 1 is 1.20 bits per heavy atom. The summed E-state index contributed by atoms with van der Waals surface area (Å²) in [6.45, 7) is 13.4. The third-order valence-electron chi connectivity index (χ3n) is 3.90. The highest BCUT2D eigenvalue weighted by atomic mass is 16.3. The number of aromatic hydroxyl groups is 1. The van der Waals surface area contributed by atoms with Crippen molar-refractivity contribution in [3.05, 3.63) is 21.5 Å². The zero-order chi connectivity index (χ0) is 15.4. The molecule has 0 aliphatic heterocycles. The van der Waals surface area contributed by atoms with Crippen LogP contribution in [-0.2, 0) is 0 Å². The van der Waals surface area contributed by atoms with Gasteiger partial charge in [-0.3, -0.25) is 14.4 Å². The van der Waals surface area contributed by atoms with Gasteiger partial charge in [-0.2, -0.15) is 0 Å². The van der Waals surface area contributed by atoms with E-state index in [0.29, 0.717) is 22.7 Å². The maximum atomic E-state index is 12.4. The zero-order valence-corrected chi connectivity index (χ0v) is 13.2. The summed E-state index contributed by atoms with van der Waals surface area (Å²) in [6, 6.07) is -0.0407. The van der Waals surface area contributed by atoms with Gasteiger partial charge in [0.25, 0.3) is 5.56 Å². The van der Waals surface area contributed by atoms with Gasteiger partial charge < -0.3 is 5.11 Å². The highest BCUT2D eigenvalue weighted by molar-refractivity contribution is 5.59. The van der Waals surface area contributed by atoms with Crippen LogP contribution in [0.5, 0.6) is 5.88 Å². The highest BCUT2D eigenvalue weighted by Gasteiger charge is 2.19. The number of aliphatic imine (C=N–C) groups is 1. The van der Waals surface area contributed by atoms with Gasteiger partial charge >= 0.3 is 0 Å². The Balaban J connectivity index is 3.14. The molecule has 1 aromatic heterocycles. The summed E-state index contributed by atoms with van der Waals surface area (Å²) in [7, 11) is 0. The van der Waals surface area contributed by atoms with Crippen LogP contribution in [0.4, 0.5) is 5.69 Å². The fourth-order valence-electron chi connectivity index (χ4n) is 2.45. The Hall–Kier alpha value is -1.58. The van der Waals surface area contributed by atoms with E-state index in [0.717, 1.165) is 19.3 Å². The summed E-state index contributed by atoms with van der Waals surface area (Å²) in [5.74, 6) is 0.586. The van der Waals surface area contributed by atoms with E-state index in [1.165, 1.54) is 4.57 Å². The van der Waals surface area contributed by atoms with Crippen LogP contribution in [0.3, 0.4) is 0 Å². The fraction of sp³-hybridized carbons (Fsp3) is 0.625. The Labute approximate surface area is 121 Å². The molecule has 0 spiro atoms. The molecular formula is C16H26N2O2. The van der Waals surface area contributed by atoms with Gasteiger partial charge in [-0.1, -0.05) is 26.7 Å². The van der Waals surface area contributed by atoms with Crippen LogP contribution >= 0.6 is 0 Å². The lowest BCUT2D eigenvalue weighted by Gasteiger charge is -2.20. The maximum Gasteiger partial charge on any atom is 0.256 e. The molecular weight excluding hydrogens is 252 g/mol. The van der Waals surface area contributed by atoms with Gasteiger partial charge in [-0.05, 0) is 45.4 Å². The van der Waals surface area contributed by atoms with Gasteiger partial charge in [0.05, 0.1) is 0 Å². The molecule has 4 nitrogen and oxygen atoms in total. The Morgan fingerprint density at radius 2 is 1.80 bits per heavy atom. The second kappa shape index (κ2) is 6.73. The van der Waals surface area contributed by atoms with Crippen molar-refractivity contribution in [3.63, 3.8) is 0 Å². The lowest BCUT2D eigenvalue weighted by Crippen LogP contribution is -2.26. The quantitative estimate of drug-likeness (QED) is 0.803. The number of hydrogen-bond acceptors (Lipinski definition) is 3. The molecule has 0 saturated carbocycles. The van der Waals surface area contributed by atoms with Gasteiger partial charge in [-0.15, -0.1) is 0 Å². The average Bonchev–Trinajstić information content (AvgIpc) is 2.36. The third-order valence-corrected chi connectivity index (χ3v) is 3.90. The lowest BCUT2D eigenvalue weighted by atomic mass is 10.0. The normalized spacial score (nSPS) is 12.7. The smallest absolute Gasteiger partial charge is 0.256 e. The average molecular weight is 278 g/mol. The van der Waals surface area contributed by atoms with Crippen LogP contribution in [0.15, 0.2) is 9.79 Å². The Morgan fingerprint density at radius 3 is 2.30 bits per heavy atom. The monoisotopic (exact) mass is 278 g/mol. The first-order chi connectivity index (χ1) is 9.31. The second-order valence-electron chi connectivity index (χ2n) is 5.93. The molecule has 1 unspecified atom stereocenters. The van der Waals surface area contributed by atoms with Crippen LogP contribution in [0.2, 0.25) is 0 Å². The Kier molecular flexibility index (Phi) is 5.54.